The molecule has 5 heteroatoms. The van der Waals surface area contributed by atoms with Gasteiger partial charge in [0, 0.05) is 17.8 Å². The summed E-state index contributed by atoms with van der Waals surface area (Å²) in [7, 11) is 0. The highest BCUT2D eigenvalue weighted by molar-refractivity contribution is 5.92. The largest absolute Gasteiger partial charge is 0.349 e. The summed E-state index contributed by atoms with van der Waals surface area (Å²) in [6.07, 6.45) is 6.80. The van der Waals surface area contributed by atoms with Crippen molar-refractivity contribution in [1.82, 2.24) is 15.1 Å². The summed E-state index contributed by atoms with van der Waals surface area (Å²) >= 11 is 0. The zero-order valence-corrected chi connectivity index (χ0v) is 14.4. The number of aromatic nitrogens is 2. The lowest BCUT2D eigenvalue weighted by Crippen LogP contribution is -2.49. The monoisotopic (exact) mass is 306 g/mol. The molecule has 1 saturated carbocycles. The lowest BCUT2D eigenvalue weighted by Gasteiger charge is -2.28. The number of hydrogen-bond acceptors (Lipinski definition) is 3. The van der Waals surface area contributed by atoms with Gasteiger partial charge in [-0.3, -0.25) is 9.48 Å². The van der Waals surface area contributed by atoms with Gasteiger partial charge in [0.25, 0.3) is 5.91 Å². The van der Waals surface area contributed by atoms with Crippen LogP contribution in [0.15, 0.2) is 6.07 Å². The summed E-state index contributed by atoms with van der Waals surface area (Å²) in [5.74, 6) is -0.125. The molecule has 0 aromatic carbocycles. The van der Waals surface area contributed by atoms with Gasteiger partial charge < -0.3 is 11.1 Å². The van der Waals surface area contributed by atoms with Crippen molar-refractivity contribution in [2.45, 2.75) is 77.3 Å². The third kappa shape index (κ3) is 4.09. The van der Waals surface area contributed by atoms with Crippen LogP contribution in [-0.2, 0) is 5.54 Å². The van der Waals surface area contributed by atoms with Crippen LogP contribution >= 0.6 is 0 Å². The van der Waals surface area contributed by atoms with Crippen molar-refractivity contribution in [1.29, 1.82) is 0 Å². The number of rotatable bonds is 3. The molecule has 1 aliphatic rings. The quantitative estimate of drug-likeness (QED) is 0.843. The number of carbonyl (C=O) groups excluding carboxylic acids is 1. The second kappa shape index (κ2) is 6.41. The molecular weight excluding hydrogens is 276 g/mol. The molecule has 0 unspecified atom stereocenters. The fourth-order valence-corrected chi connectivity index (χ4v) is 3.22. The van der Waals surface area contributed by atoms with E-state index >= 15 is 0 Å². The Balaban J connectivity index is 2.00. The summed E-state index contributed by atoms with van der Waals surface area (Å²) in [4.78, 5) is 12.4. The molecule has 0 aliphatic heterocycles. The number of aryl methyl sites for hydroxylation is 1. The van der Waals surface area contributed by atoms with E-state index in [2.05, 4.69) is 31.2 Å². The minimum Gasteiger partial charge on any atom is -0.349 e. The second-order valence-corrected chi connectivity index (χ2v) is 7.71. The van der Waals surface area contributed by atoms with Crippen LogP contribution in [0.3, 0.4) is 0 Å². The van der Waals surface area contributed by atoms with E-state index < -0.39 is 0 Å². The summed E-state index contributed by atoms with van der Waals surface area (Å²) in [5, 5.41) is 7.44. The van der Waals surface area contributed by atoms with E-state index in [0.717, 1.165) is 31.4 Å². The van der Waals surface area contributed by atoms with Gasteiger partial charge in [0.05, 0.1) is 5.54 Å². The number of nitrogens with zero attached hydrogens (tertiary/aromatic N) is 2. The van der Waals surface area contributed by atoms with E-state index in [1.165, 1.54) is 12.8 Å². The van der Waals surface area contributed by atoms with Crippen molar-refractivity contribution in [2.24, 2.45) is 5.73 Å². The first-order valence-corrected chi connectivity index (χ1v) is 8.36. The van der Waals surface area contributed by atoms with E-state index in [1.54, 1.807) is 0 Å². The Kier molecular flexibility index (Phi) is 4.95. The number of hydrogen-bond donors (Lipinski definition) is 2. The van der Waals surface area contributed by atoms with E-state index in [-0.39, 0.29) is 17.0 Å². The van der Waals surface area contributed by atoms with Crippen LogP contribution in [0, 0.1) is 6.92 Å². The molecule has 2 rings (SSSR count). The molecule has 0 bridgehead atoms. The zero-order chi connectivity index (χ0) is 16.4. The Bertz CT molecular complexity index is 519. The fourth-order valence-electron chi connectivity index (χ4n) is 3.22. The van der Waals surface area contributed by atoms with Crippen LogP contribution in [-0.4, -0.2) is 27.8 Å². The minimum absolute atomic E-state index is 0.125. The Morgan fingerprint density at radius 2 is 1.91 bits per heavy atom. The van der Waals surface area contributed by atoms with Crippen LogP contribution in [0.25, 0.3) is 0 Å². The Morgan fingerprint density at radius 1 is 1.32 bits per heavy atom. The number of nitrogens with two attached hydrogens (primary N) is 1. The topological polar surface area (TPSA) is 72.9 Å². The molecule has 1 amide bonds. The summed E-state index contributed by atoms with van der Waals surface area (Å²) in [6, 6.07) is 1.84. The average Bonchev–Trinajstić information content (AvgIpc) is 2.69. The smallest absolute Gasteiger partial charge is 0.271 e. The average molecular weight is 306 g/mol. The molecule has 5 nitrogen and oxygen atoms in total. The molecule has 1 fully saturated rings. The molecule has 124 valence electrons. The number of nitrogens with one attached hydrogen (secondary N) is 1. The van der Waals surface area contributed by atoms with E-state index in [9.17, 15) is 4.79 Å². The maximum atomic E-state index is 12.4. The van der Waals surface area contributed by atoms with Crippen LogP contribution in [0.5, 0.6) is 0 Å². The van der Waals surface area contributed by atoms with E-state index in [4.69, 9.17) is 5.73 Å². The van der Waals surface area contributed by atoms with Gasteiger partial charge in [-0.05, 0) is 46.6 Å². The predicted molar refractivity (Wildman–Crippen MR) is 88.9 cm³/mol. The van der Waals surface area contributed by atoms with Crippen molar-refractivity contribution in [3.05, 3.63) is 17.5 Å². The molecule has 1 aromatic rings. The predicted octanol–water partition coefficient (Wildman–Crippen LogP) is 2.73. The van der Waals surface area contributed by atoms with Gasteiger partial charge in [-0.2, -0.15) is 5.10 Å². The summed E-state index contributed by atoms with van der Waals surface area (Å²) in [6.45, 7) is 8.75. The second-order valence-electron chi connectivity index (χ2n) is 7.71. The van der Waals surface area contributed by atoms with Crippen molar-refractivity contribution in [3.8, 4) is 0 Å². The first kappa shape index (κ1) is 17.0. The van der Waals surface area contributed by atoms with Gasteiger partial charge >= 0.3 is 0 Å². The van der Waals surface area contributed by atoms with Gasteiger partial charge in [0.15, 0.2) is 0 Å². The molecule has 0 atom stereocenters. The maximum absolute atomic E-state index is 12.4. The van der Waals surface area contributed by atoms with Gasteiger partial charge in [0.2, 0.25) is 0 Å². The van der Waals surface area contributed by atoms with E-state index in [0.29, 0.717) is 12.2 Å². The van der Waals surface area contributed by atoms with Gasteiger partial charge in [-0.1, -0.05) is 25.7 Å². The van der Waals surface area contributed by atoms with Crippen LogP contribution in [0.4, 0.5) is 0 Å². The number of amides is 1. The first-order valence-electron chi connectivity index (χ1n) is 8.36. The van der Waals surface area contributed by atoms with Gasteiger partial charge in [-0.15, -0.1) is 0 Å². The highest BCUT2D eigenvalue weighted by Crippen LogP contribution is 2.24. The lowest BCUT2D eigenvalue weighted by molar-refractivity contribution is 0.0934. The zero-order valence-electron chi connectivity index (χ0n) is 14.4. The normalized spacial score (nSPS) is 18.8. The summed E-state index contributed by atoms with van der Waals surface area (Å²) in [5.41, 5.74) is 7.54. The van der Waals surface area contributed by atoms with Crippen molar-refractivity contribution >= 4 is 5.91 Å². The molecule has 3 N–H and O–H groups in total. The third-order valence-electron chi connectivity index (χ3n) is 4.46. The summed E-state index contributed by atoms with van der Waals surface area (Å²) < 4.78 is 1.89. The standard InChI is InChI=1S/C17H30N4O/c1-13-11-14(20-21(13)16(2,3)4)15(22)19-12-17(18)9-7-5-6-8-10-17/h11H,5-10,12,18H2,1-4H3,(H,19,22). The molecule has 22 heavy (non-hydrogen) atoms. The molecule has 0 spiro atoms. The molecule has 1 aromatic heterocycles. The van der Waals surface area contributed by atoms with Gasteiger partial charge in [-0.25, -0.2) is 0 Å². The Morgan fingerprint density at radius 3 is 2.41 bits per heavy atom. The highest BCUT2D eigenvalue weighted by atomic mass is 16.1. The Hall–Kier alpha value is -1.36. The van der Waals surface area contributed by atoms with Crippen molar-refractivity contribution in [3.63, 3.8) is 0 Å². The Labute approximate surface area is 133 Å². The molecule has 0 radical (unpaired) electrons. The molecule has 1 aliphatic carbocycles. The van der Waals surface area contributed by atoms with Gasteiger partial charge in [0.1, 0.15) is 5.69 Å². The highest BCUT2D eigenvalue weighted by Gasteiger charge is 2.27. The van der Waals surface area contributed by atoms with Crippen LogP contribution < -0.4 is 11.1 Å². The van der Waals surface area contributed by atoms with Crippen LogP contribution in [0.1, 0.15) is 75.5 Å². The van der Waals surface area contributed by atoms with Crippen LogP contribution in [0.2, 0.25) is 0 Å². The third-order valence-corrected chi connectivity index (χ3v) is 4.46. The lowest BCUT2D eigenvalue weighted by atomic mass is 9.91. The van der Waals surface area contributed by atoms with E-state index in [1.807, 2.05) is 17.7 Å². The fraction of sp³-hybridized carbons (Fsp3) is 0.765. The molecular formula is C17H30N4O. The maximum Gasteiger partial charge on any atom is 0.271 e. The van der Waals surface area contributed by atoms with Crippen molar-refractivity contribution in [2.75, 3.05) is 6.54 Å². The first-order chi connectivity index (χ1) is 10.2. The number of carbonyl (C=O) groups is 1. The SMILES string of the molecule is Cc1cc(C(=O)NCC2(N)CCCCCC2)nn1C(C)(C)C. The molecule has 0 saturated heterocycles. The van der Waals surface area contributed by atoms with Crippen molar-refractivity contribution < 1.29 is 4.79 Å². The molecule has 1 heterocycles. The minimum atomic E-state index is -0.256.